The number of ether oxygens (including phenoxy) is 1. The van der Waals surface area contributed by atoms with E-state index in [9.17, 15) is 4.79 Å². The third-order valence-electron chi connectivity index (χ3n) is 1.81. The van der Waals surface area contributed by atoms with Crippen molar-refractivity contribution in [3.8, 4) is 0 Å². The average molecular weight is 199 g/mol. The topological polar surface area (TPSA) is 29.5 Å². The van der Waals surface area contributed by atoms with Gasteiger partial charge in [0.15, 0.2) is 0 Å². The van der Waals surface area contributed by atoms with Crippen molar-refractivity contribution >= 4 is 5.97 Å². The second-order valence-electron chi connectivity index (χ2n) is 3.40. The molecule has 0 aliphatic carbocycles. The van der Waals surface area contributed by atoms with Gasteiger partial charge in [0.05, 0.1) is 13.0 Å². The molecule has 0 N–H and O–H groups in total. The fourth-order valence-corrected chi connectivity index (χ4v) is 1.06. The normalized spacial score (nSPS) is 11.3. The molecule has 0 fully saturated rings. The summed E-state index contributed by atoms with van der Waals surface area (Å²) in [5.74, 6) is -0.139. The first-order valence-electron chi connectivity index (χ1n) is 5.13. The summed E-state index contributed by atoms with van der Waals surface area (Å²) in [6, 6.07) is 0. The highest BCUT2D eigenvalue weighted by molar-refractivity contribution is 5.72. The molecular formula is C11H21NO2. The fraction of sp³-hybridized carbons (Fsp3) is 0.727. The molecule has 0 rings (SSSR count). The molecule has 82 valence electrons. The summed E-state index contributed by atoms with van der Waals surface area (Å²) in [7, 11) is 3.88. The highest BCUT2D eigenvalue weighted by Gasteiger charge is 2.07. The van der Waals surface area contributed by atoms with Crippen LogP contribution in [-0.2, 0) is 9.53 Å². The number of carbonyl (C=O) groups excluding carboxylic acids is 1. The lowest BCUT2D eigenvalue weighted by Crippen LogP contribution is -2.16. The molecule has 0 amide bonds. The molecule has 0 saturated heterocycles. The molecule has 0 unspecified atom stereocenters. The summed E-state index contributed by atoms with van der Waals surface area (Å²) in [5, 5.41) is 0. The molecule has 0 aliphatic heterocycles. The standard InChI is InChI=1S/C11H21NO2/c1-5-7-10(12(3)4)9-11(13)14-8-6-2/h7H,5-6,8-9H2,1-4H3. The summed E-state index contributed by atoms with van der Waals surface area (Å²) in [5.41, 5.74) is 1.02. The molecule has 0 heterocycles. The zero-order valence-corrected chi connectivity index (χ0v) is 9.67. The monoisotopic (exact) mass is 199 g/mol. The van der Waals surface area contributed by atoms with Gasteiger partial charge in [-0.3, -0.25) is 4.79 Å². The predicted molar refractivity (Wildman–Crippen MR) is 57.9 cm³/mol. The van der Waals surface area contributed by atoms with Crippen LogP contribution in [0.5, 0.6) is 0 Å². The van der Waals surface area contributed by atoms with Gasteiger partial charge in [-0.25, -0.2) is 0 Å². The van der Waals surface area contributed by atoms with Crippen molar-refractivity contribution in [3.05, 3.63) is 11.8 Å². The van der Waals surface area contributed by atoms with E-state index < -0.39 is 0 Å². The third kappa shape index (κ3) is 5.62. The maximum Gasteiger partial charge on any atom is 0.311 e. The molecule has 0 aromatic carbocycles. The fourth-order valence-electron chi connectivity index (χ4n) is 1.06. The first-order chi connectivity index (χ1) is 6.61. The second-order valence-corrected chi connectivity index (χ2v) is 3.40. The van der Waals surface area contributed by atoms with Crippen LogP contribution in [0, 0.1) is 0 Å². The first-order valence-corrected chi connectivity index (χ1v) is 5.13. The molecule has 0 aliphatic rings. The van der Waals surface area contributed by atoms with Gasteiger partial charge in [0, 0.05) is 19.8 Å². The van der Waals surface area contributed by atoms with Crippen LogP contribution in [0.1, 0.15) is 33.1 Å². The molecule has 3 heteroatoms. The Hall–Kier alpha value is -0.990. The van der Waals surface area contributed by atoms with E-state index in [1.165, 1.54) is 0 Å². The molecule has 0 bridgehead atoms. The SMILES string of the molecule is CCC=C(CC(=O)OCCC)N(C)C. The number of rotatable bonds is 6. The van der Waals surface area contributed by atoms with Crippen LogP contribution in [0.25, 0.3) is 0 Å². The number of nitrogens with zero attached hydrogens (tertiary/aromatic N) is 1. The smallest absolute Gasteiger partial charge is 0.311 e. The Balaban J connectivity index is 4.04. The van der Waals surface area contributed by atoms with Crippen LogP contribution < -0.4 is 0 Å². The van der Waals surface area contributed by atoms with E-state index in [-0.39, 0.29) is 5.97 Å². The van der Waals surface area contributed by atoms with Crippen molar-refractivity contribution in [3.63, 3.8) is 0 Å². The van der Waals surface area contributed by atoms with Gasteiger partial charge in [-0.2, -0.15) is 0 Å². The summed E-state index contributed by atoms with van der Waals surface area (Å²) < 4.78 is 5.01. The predicted octanol–water partition coefficient (Wildman–Crippen LogP) is 2.19. The average Bonchev–Trinajstić information content (AvgIpc) is 2.14. The van der Waals surface area contributed by atoms with Gasteiger partial charge in [0.1, 0.15) is 0 Å². The Labute approximate surface area is 86.7 Å². The van der Waals surface area contributed by atoms with Crippen LogP contribution >= 0.6 is 0 Å². The van der Waals surface area contributed by atoms with Crippen LogP contribution in [0.3, 0.4) is 0 Å². The highest BCUT2D eigenvalue weighted by atomic mass is 16.5. The van der Waals surface area contributed by atoms with Gasteiger partial charge in [-0.1, -0.05) is 19.9 Å². The third-order valence-corrected chi connectivity index (χ3v) is 1.81. The highest BCUT2D eigenvalue weighted by Crippen LogP contribution is 2.07. The minimum atomic E-state index is -0.139. The van der Waals surface area contributed by atoms with Crippen molar-refractivity contribution in [2.45, 2.75) is 33.1 Å². The van der Waals surface area contributed by atoms with Crippen LogP contribution in [0.15, 0.2) is 11.8 Å². The van der Waals surface area contributed by atoms with Crippen molar-refractivity contribution in [1.29, 1.82) is 0 Å². The number of carbonyl (C=O) groups is 1. The summed E-state index contributed by atoms with van der Waals surface area (Å²) in [6.45, 7) is 4.56. The molecule has 0 aromatic rings. The molecule has 0 aromatic heterocycles. The van der Waals surface area contributed by atoms with Gasteiger partial charge in [-0.15, -0.1) is 0 Å². The van der Waals surface area contributed by atoms with Crippen LogP contribution in [0.2, 0.25) is 0 Å². The Morgan fingerprint density at radius 2 is 2.00 bits per heavy atom. The lowest BCUT2D eigenvalue weighted by molar-refractivity contribution is -0.143. The Bertz CT molecular complexity index is 197. The van der Waals surface area contributed by atoms with Crippen LogP contribution in [0.4, 0.5) is 0 Å². The molecular weight excluding hydrogens is 178 g/mol. The largest absolute Gasteiger partial charge is 0.465 e. The second kappa shape index (κ2) is 7.42. The summed E-state index contributed by atoms with van der Waals surface area (Å²) in [6.07, 6.45) is 4.24. The molecule has 14 heavy (non-hydrogen) atoms. The van der Waals surface area contributed by atoms with Crippen molar-refractivity contribution < 1.29 is 9.53 Å². The molecule has 0 radical (unpaired) electrons. The van der Waals surface area contributed by atoms with Crippen molar-refractivity contribution in [2.24, 2.45) is 0 Å². The van der Waals surface area contributed by atoms with Crippen LogP contribution in [-0.4, -0.2) is 31.6 Å². The molecule has 3 nitrogen and oxygen atoms in total. The minimum absolute atomic E-state index is 0.139. The molecule has 0 spiro atoms. The lowest BCUT2D eigenvalue weighted by atomic mass is 10.2. The van der Waals surface area contributed by atoms with E-state index in [1.54, 1.807) is 0 Å². The molecule has 0 atom stereocenters. The van der Waals surface area contributed by atoms with E-state index in [1.807, 2.05) is 32.0 Å². The van der Waals surface area contributed by atoms with Gasteiger partial charge in [0.25, 0.3) is 0 Å². The van der Waals surface area contributed by atoms with Gasteiger partial charge in [-0.05, 0) is 12.8 Å². The van der Waals surface area contributed by atoms with Gasteiger partial charge < -0.3 is 9.64 Å². The Kier molecular flexibility index (Phi) is 6.89. The van der Waals surface area contributed by atoms with Gasteiger partial charge >= 0.3 is 5.97 Å². The zero-order chi connectivity index (χ0) is 11.0. The maximum absolute atomic E-state index is 11.3. The number of hydrogen-bond acceptors (Lipinski definition) is 3. The van der Waals surface area contributed by atoms with E-state index in [4.69, 9.17) is 4.74 Å². The maximum atomic E-state index is 11.3. The zero-order valence-electron chi connectivity index (χ0n) is 9.67. The quantitative estimate of drug-likeness (QED) is 0.614. The van der Waals surface area contributed by atoms with E-state index in [0.29, 0.717) is 13.0 Å². The first kappa shape index (κ1) is 13.0. The van der Waals surface area contributed by atoms with Crippen molar-refractivity contribution in [2.75, 3.05) is 20.7 Å². The summed E-state index contributed by atoms with van der Waals surface area (Å²) in [4.78, 5) is 13.3. The number of hydrogen-bond donors (Lipinski definition) is 0. The molecule has 0 saturated carbocycles. The summed E-state index contributed by atoms with van der Waals surface area (Å²) >= 11 is 0. The van der Waals surface area contributed by atoms with E-state index in [0.717, 1.165) is 18.5 Å². The van der Waals surface area contributed by atoms with Crippen molar-refractivity contribution in [1.82, 2.24) is 4.90 Å². The van der Waals surface area contributed by atoms with E-state index >= 15 is 0 Å². The van der Waals surface area contributed by atoms with Gasteiger partial charge in [0.2, 0.25) is 0 Å². The van der Waals surface area contributed by atoms with E-state index in [2.05, 4.69) is 6.92 Å². The Morgan fingerprint density at radius 3 is 2.43 bits per heavy atom. The Morgan fingerprint density at radius 1 is 1.36 bits per heavy atom. The minimum Gasteiger partial charge on any atom is -0.465 e. The number of allylic oxidation sites excluding steroid dienone is 1. The lowest BCUT2D eigenvalue weighted by Gasteiger charge is -2.16. The number of esters is 1.